The Hall–Kier alpha value is -1.94. The summed E-state index contributed by atoms with van der Waals surface area (Å²) in [7, 11) is -9.92. The minimum absolute atomic E-state index is 0.108. The van der Waals surface area contributed by atoms with Crippen LogP contribution in [0.25, 0.3) is 0 Å². The fourth-order valence-corrected chi connectivity index (χ4v) is 14.6. The van der Waals surface area contributed by atoms with Crippen LogP contribution in [0.1, 0.15) is 451 Å². The standard InChI is InChI=1S/C83H162O17P2/c1-5-9-13-17-21-25-29-32-34-36-38-40-42-44-47-50-54-58-62-66-70-83(88)100-79(74-94-81(86)68-64-60-56-52-48-46-43-41-39-37-35-33-30-26-22-18-14-10-6-2)76-98-102(91,92)96-72-77(84)71-95-101(89,90)97-75-78(73-93-80(85)67-63-59-55-51-28-24-20-16-12-8-4)99-82(87)69-65-61-57-53-49-45-31-27-23-19-15-11-7-3/h77-79,84H,5-76H2,1-4H3,(H,89,90)(H,91,92)/t77-,78+,79+/m0/s1. The normalized spacial score (nSPS) is 13.8. The van der Waals surface area contributed by atoms with Gasteiger partial charge >= 0.3 is 39.5 Å². The number of hydrogen-bond acceptors (Lipinski definition) is 15. The lowest BCUT2D eigenvalue weighted by molar-refractivity contribution is -0.161. The summed E-state index contributed by atoms with van der Waals surface area (Å²) in [5, 5.41) is 10.6. The summed E-state index contributed by atoms with van der Waals surface area (Å²) < 4.78 is 68.8. The molecule has 0 bridgehead atoms. The number of phosphoric ester groups is 2. The Morgan fingerprint density at radius 2 is 0.392 bits per heavy atom. The second-order valence-electron chi connectivity index (χ2n) is 29.9. The maximum absolute atomic E-state index is 13.1. The lowest BCUT2D eigenvalue weighted by atomic mass is 10.0. The highest BCUT2D eigenvalue weighted by Crippen LogP contribution is 2.45. The van der Waals surface area contributed by atoms with Gasteiger partial charge in [0.1, 0.15) is 19.3 Å². The van der Waals surface area contributed by atoms with Gasteiger partial charge in [0.25, 0.3) is 0 Å². The number of esters is 4. The molecule has 5 atom stereocenters. The third-order valence-corrected chi connectivity index (χ3v) is 21.5. The summed E-state index contributed by atoms with van der Waals surface area (Å²) in [5.74, 6) is -2.10. The van der Waals surface area contributed by atoms with Gasteiger partial charge < -0.3 is 33.8 Å². The molecule has 0 saturated carbocycles. The highest BCUT2D eigenvalue weighted by molar-refractivity contribution is 7.47. The third-order valence-electron chi connectivity index (χ3n) is 19.6. The maximum Gasteiger partial charge on any atom is 0.472 e. The number of unbranched alkanes of at least 4 members (excludes halogenated alkanes) is 58. The van der Waals surface area contributed by atoms with Gasteiger partial charge in [0.2, 0.25) is 0 Å². The molecule has 17 nitrogen and oxygen atoms in total. The number of phosphoric acid groups is 2. The van der Waals surface area contributed by atoms with E-state index < -0.39 is 97.5 Å². The van der Waals surface area contributed by atoms with Gasteiger partial charge in [-0.05, 0) is 25.7 Å². The van der Waals surface area contributed by atoms with Gasteiger partial charge in [-0.15, -0.1) is 0 Å². The molecule has 0 aliphatic rings. The summed E-state index contributed by atoms with van der Waals surface area (Å²) in [4.78, 5) is 73.1. The van der Waals surface area contributed by atoms with Gasteiger partial charge in [-0.2, -0.15) is 0 Å². The van der Waals surface area contributed by atoms with Crippen molar-refractivity contribution >= 4 is 39.5 Å². The number of rotatable bonds is 84. The van der Waals surface area contributed by atoms with Crippen LogP contribution in [-0.2, 0) is 65.4 Å². The summed E-state index contributed by atoms with van der Waals surface area (Å²) in [6.07, 6.45) is 70.8. The molecule has 0 aliphatic carbocycles. The predicted octanol–water partition coefficient (Wildman–Crippen LogP) is 25.4. The first-order valence-corrected chi connectivity index (χ1v) is 46.3. The largest absolute Gasteiger partial charge is 0.472 e. The van der Waals surface area contributed by atoms with Crippen LogP contribution in [0.5, 0.6) is 0 Å². The molecular weight excluding hydrogens is 1330 g/mol. The Morgan fingerprint density at radius 1 is 0.235 bits per heavy atom. The lowest BCUT2D eigenvalue weighted by Crippen LogP contribution is -2.30. The van der Waals surface area contributed by atoms with Crippen molar-refractivity contribution in [1.29, 1.82) is 0 Å². The van der Waals surface area contributed by atoms with Crippen LogP contribution in [0.3, 0.4) is 0 Å². The molecule has 0 saturated heterocycles. The molecule has 102 heavy (non-hydrogen) atoms. The van der Waals surface area contributed by atoms with Crippen LogP contribution in [0.2, 0.25) is 0 Å². The number of hydrogen-bond donors (Lipinski definition) is 3. The van der Waals surface area contributed by atoms with Crippen LogP contribution in [0.15, 0.2) is 0 Å². The summed E-state index contributed by atoms with van der Waals surface area (Å²) in [6, 6.07) is 0. The van der Waals surface area contributed by atoms with Crippen LogP contribution in [0, 0.1) is 0 Å². The summed E-state index contributed by atoms with van der Waals surface area (Å²) in [5.41, 5.74) is 0. The van der Waals surface area contributed by atoms with Gasteiger partial charge in [0.15, 0.2) is 12.2 Å². The van der Waals surface area contributed by atoms with Crippen molar-refractivity contribution in [2.75, 3.05) is 39.6 Å². The Kier molecular flexibility index (Phi) is 75.8. The molecule has 0 rings (SSSR count). The van der Waals surface area contributed by atoms with Crippen molar-refractivity contribution in [2.45, 2.75) is 470 Å². The SMILES string of the molecule is CCCCCCCCCCCCCCCCCCCCCCC(=O)O[C@H](COC(=O)CCCCCCCCCCCCCCCCCCCCC)COP(=O)(O)OC[C@@H](O)COP(=O)(O)OC[C@@H](COC(=O)CCCCCCCCCCCC)OC(=O)CCCCCCCCCCCCCCC. The summed E-state index contributed by atoms with van der Waals surface area (Å²) in [6.45, 7) is 5.03. The molecule has 3 N–H and O–H groups in total. The minimum Gasteiger partial charge on any atom is -0.462 e. The van der Waals surface area contributed by atoms with Gasteiger partial charge in [-0.1, -0.05) is 400 Å². The predicted molar refractivity (Wildman–Crippen MR) is 419 cm³/mol. The Bertz CT molecular complexity index is 1930. The van der Waals surface area contributed by atoms with E-state index in [4.69, 9.17) is 37.0 Å². The second-order valence-corrected chi connectivity index (χ2v) is 32.8. The van der Waals surface area contributed by atoms with Crippen LogP contribution < -0.4 is 0 Å². The maximum atomic E-state index is 13.1. The van der Waals surface area contributed by atoms with E-state index in [1.165, 1.54) is 283 Å². The zero-order valence-electron chi connectivity index (χ0n) is 66.6. The average molecular weight is 1490 g/mol. The first kappa shape index (κ1) is 100. The van der Waals surface area contributed by atoms with Gasteiger partial charge in [-0.25, -0.2) is 9.13 Å². The van der Waals surface area contributed by atoms with Crippen molar-refractivity contribution in [1.82, 2.24) is 0 Å². The van der Waals surface area contributed by atoms with Gasteiger partial charge in [-0.3, -0.25) is 37.3 Å². The summed E-state index contributed by atoms with van der Waals surface area (Å²) >= 11 is 0. The molecule has 0 aromatic rings. The smallest absolute Gasteiger partial charge is 0.462 e. The van der Waals surface area contributed by atoms with E-state index in [0.29, 0.717) is 25.7 Å². The second kappa shape index (κ2) is 77.2. The molecule has 606 valence electrons. The van der Waals surface area contributed by atoms with Crippen molar-refractivity contribution < 1.29 is 80.2 Å². The Balaban J connectivity index is 5.21. The molecule has 0 aromatic heterocycles. The number of aliphatic hydroxyl groups is 1. The van der Waals surface area contributed by atoms with E-state index >= 15 is 0 Å². The highest BCUT2D eigenvalue weighted by atomic mass is 31.2. The quantitative estimate of drug-likeness (QED) is 0.0222. The molecule has 0 spiro atoms. The first-order valence-electron chi connectivity index (χ1n) is 43.3. The van der Waals surface area contributed by atoms with Crippen molar-refractivity contribution in [3.63, 3.8) is 0 Å². The van der Waals surface area contributed by atoms with Crippen molar-refractivity contribution in [3.05, 3.63) is 0 Å². The van der Waals surface area contributed by atoms with E-state index in [1.807, 2.05) is 0 Å². The average Bonchev–Trinajstić information content (AvgIpc) is 0.909. The van der Waals surface area contributed by atoms with Crippen LogP contribution >= 0.6 is 15.6 Å². The molecule has 0 aromatic carbocycles. The zero-order chi connectivity index (χ0) is 74.6. The number of carbonyl (C=O) groups is 4. The van der Waals surface area contributed by atoms with Crippen LogP contribution in [-0.4, -0.2) is 96.7 Å². The fourth-order valence-electron chi connectivity index (χ4n) is 13.0. The van der Waals surface area contributed by atoms with Crippen LogP contribution in [0.4, 0.5) is 0 Å². The van der Waals surface area contributed by atoms with E-state index in [9.17, 15) is 43.2 Å². The lowest BCUT2D eigenvalue weighted by Gasteiger charge is -2.21. The molecular formula is C83H162O17P2. The molecule has 0 radical (unpaired) electrons. The van der Waals surface area contributed by atoms with Gasteiger partial charge in [0, 0.05) is 25.7 Å². The molecule has 0 aliphatic heterocycles. The van der Waals surface area contributed by atoms with E-state index in [1.54, 1.807) is 0 Å². The monoisotopic (exact) mass is 1490 g/mol. The fraction of sp³-hybridized carbons (Fsp3) is 0.952. The number of ether oxygens (including phenoxy) is 4. The molecule has 0 heterocycles. The van der Waals surface area contributed by atoms with Crippen molar-refractivity contribution in [3.8, 4) is 0 Å². The molecule has 2 unspecified atom stereocenters. The number of aliphatic hydroxyl groups excluding tert-OH is 1. The minimum atomic E-state index is -4.96. The van der Waals surface area contributed by atoms with E-state index in [-0.39, 0.29) is 25.7 Å². The third kappa shape index (κ3) is 76.3. The Morgan fingerprint density at radius 3 is 0.578 bits per heavy atom. The van der Waals surface area contributed by atoms with Gasteiger partial charge in [0.05, 0.1) is 26.4 Å². The molecule has 0 fully saturated rings. The zero-order valence-corrected chi connectivity index (χ0v) is 68.4. The topological polar surface area (TPSA) is 237 Å². The molecule has 0 amide bonds. The van der Waals surface area contributed by atoms with E-state index in [0.717, 1.165) is 89.9 Å². The van der Waals surface area contributed by atoms with E-state index in [2.05, 4.69) is 27.7 Å². The number of carbonyl (C=O) groups excluding carboxylic acids is 4. The molecule has 19 heteroatoms. The Labute approximate surface area is 626 Å². The first-order chi connectivity index (χ1) is 49.7. The van der Waals surface area contributed by atoms with Crippen molar-refractivity contribution in [2.24, 2.45) is 0 Å². The highest BCUT2D eigenvalue weighted by Gasteiger charge is 2.30.